The van der Waals surface area contributed by atoms with Crippen LogP contribution in [-0.2, 0) is 4.74 Å². The van der Waals surface area contributed by atoms with Gasteiger partial charge in [-0.2, -0.15) is 5.10 Å². The zero-order valence-corrected chi connectivity index (χ0v) is 14.7. The van der Waals surface area contributed by atoms with E-state index in [4.69, 9.17) is 4.74 Å². The van der Waals surface area contributed by atoms with Crippen LogP contribution in [0.5, 0.6) is 0 Å². The molecule has 1 saturated heterocycles. The van der Waals surface area contributed by atoms with E-state index in [1.54, 1.807) is 11.0 Å². The van der Waals surface area contributed by atoms with Gasteiger partial charge < -0.3 is 9.64 Å². The lowest BCUT2D eigenvalue weighted by molar-refractivity contribution is -0.384. The molecule has 0 unspecified atom stereocenters. The molecule has 1 atom stereocenters. The molecule has 1 fully saturated rings. The minimum atomic E-state index is -0.515. The molecule has 138 valence electrons. The van der Waals surface area contributed by atoms with E-state index >= 15 is 0 Å². The number of nitrogens with zero attached hydrogens (tertiary/aromatic N) is 5. The highest BCUT2D eigenvalue weighted by Gasteiger charge is 2.30. The van der Waals surface area contributed by atoms with E-state index in [0.29, 0.717) is 25.7 Å². The lowest BCUT2D eigenvalue weighted by Gasteiger charge is -2.36. The van der Waals surface area contributed by atoms with Gasteiger partial charge in [0.25, 0.3) is 11.6 Å². The van der Waals surface area contributed by atoms with Crippen molar-refractivity contribution in [2.45, 2.75) is 26.3 Å². The minimum absolute atomic E-state index is 0.0229. The van der Waals surface area contributed by atoms with Gasteiger partial charge in [-0.3, -0.25) is 14.9 Å². The van der Waals surface area contributed by atoms with Gasteiger partial charge >= 0.3 is 0 Å². The maximum atomic E-state index is 13.0. The summed E-state index contributed by atoms with van der Waals surface area (Å²) in [5, 5.41) is 15.4. The fraction of sp³-hybridized carbons (Fsp3) is 0.471. The molecule has 0 radical (unpaired) electrons. The Labute approximate surface area is 150 Å². The van der Waals surface area contributed by atoms with Crippen LogP contribution in [0.4, 0.5) is 5.69 Å². The smallest absolute Gasteiger partial charge is 0.295 e. The Morgan fingerprint density at radius 1 is 1.46 bits per heavy atom. The van der Waals surface area contributed by atoms with Crippen molar-refractivity contribution in [1.29, 1.82) is 0 Å². The second-order valence-corrected chi connectivity index (χ2v) is 6.66. The molecule has 26 heavy (non-hydrogen) atoms. The van der Waals surface area contributed by atoms with Gasteiger partial charge in [0, 0.05) is 18.2 Å². The highest BCUT2D eigenvalue weighted by molar-refractivity contribution is 5.95. The summed E-state index contributed by atoms with van der Waals surface area (Å²) in [6.07, 6.45) is 3.50. The molecule has 0 saturated carbocycles. The number of morpholine rings is 1. The topological polar surface area (TPSA) is 103 Å². The third-order valence-corrected chi connectivity index (χ3v) is 4.32. The summed E-state index contributed by atoms with van der Waals surface area (Å²) in [7, 11) is 0. The molecular formula is C17H21N5O4. The van der Waals surface area contributed by atoms with Gasteiger partial charge in [0.15, 0.2) is 0 Å². The van der Waals surface area contributed by atoms with Crippen molar-refractivity contribution in [1.82, 2.24) is 19.7 Å². The highest BCUT2D eigenvalue weighted by atomic mass is 16.6. The number of nitro benzene ring substituents is 1. The van der Waals surface area contributed by atoms with Crippen LogP contribution in [0.3, 0.4) is 0 Å². The first-order chi connectivity index (χ1) is 12.5. The van der Waals surface area contributed by atoms with Gasteiger partial charge in [-0.1, -0.05) is 13.8 Å². The Hall–Kier alpha value is -2.81. The van der Waals surface area contributed by atoms with Crippen molar-refractivity contribution in [3.8, 4) is 5.69 Å². The second kappa shape index (κ2) is 7.61. The number of carbonyl (C=O) groups excluding carboxylic acids is 1. The van der Waals surface area contributed by atoms with E-state index in [1.165, 1.54) is 29.5 Å². The molecule has 2 heterocycles. The van der Waals surface area contributed by atoms with E-state index in [0.717, 1.165) is 6.42 Å². The summed E-state index contributed by atoms with van der Waals surface area (Å²) < 4.78 is 6.82. The van der Waals surface area contributed by atoms with Gasteiger partial charge in [-0.25, -0.2) is 9.67 Å². The Morgan fingerprint density at radius 3 is 2.92 bits per heavy atom. The lowest BCUT2D eigenvalue weighted by Crippen LogP contribution is -2.49. The fourth-order valence-electron chi connectivity index (χ4n) is 3.16. The predicted octanol–water partition coefficient (Wildman–Crippen LogP) is 2.06. The van der Waals surface area contributed by atoms with Gasteiger partial charge in [-0.05, 0) is 24.5 Å². The first-order valence-electron chi connectivity index (χ1n) is 8.49. The van der Waals surface area contributed by atoms with Crippen molar-refractivity contribution in [2.75, 3.05) is 19.8 Å². The van der Waals surface area contributed by atoms with Crippen LogP contribution < -0.4 is 0 Å². The quantitative estimate of drug-likeness (QED) is 0.598. The summed E-state index contributed by atoms with van der Waals surface area (Å²) in [5.41, 5.74) is 0.371. The van der Waals surface area contributed by atoms with Crippen molar-refractivity contribution < 1.29 is 14.5 Å². The molecule has 1 amide bonds. The minimum Gasteiger partial charge on any atom is -0.377 e. The molecule has 1 aliphatic rings. The molecule has 9 heteroatoms. The highest BCUT2D eigenvalue weighted by Crippen LogP contribution is 2.26. The van der Waals surface area contributed by atoms with Crippen LogP contribution >= 0.6 is 0 Å². The molecule has 1 aromatic heterocycles. The molecule has 0 N–H and O–H groups in total. The number of aromatic nitrogens is 3. The third-order valence-electron chi connectivity index (χ3n) is 4.32. The Bertz CT molecular complexity index is 790. The molecule has 0 spiro atoms. The Balaban J connectivity index is 1.91. The summed E-state index contributed by atoms with van der Waals surface area (Å²) in [4.78, 5) is 29.5. The Morgan fingerprint density at radius 2 is 2.27 bits per heavy atom. The average Bonchev–Trinajstić information content (AvgIpc) is 3.15. The molecule has 1 aliphatic heterocycles. The molecule has 3 rings (SSSR count). The number of benzene rings is 1. The monoisotopic (exact) mass is 359 g/mol. The van der Waals surface area contributed by atoms with Crippen molar-refractivity contribution in [2.24, 2.45) is 5.92 Å². The summed E-state index contributed by atoms with van der Waals surface area (Å²) in [6.45, 7) is 5.63. The summed E-state index contributed by atoms with van der Waals surface area (Å²) in [6, 6.07) is 4.40. The van der Waals surface area contributed by atoms with Crippen LogP contribution in [0.15, 0.2) is 30.9 Å². The summed E-state index contributed by atoms with van der Waals surface area (Å²) >= 11 is 0. The van der Waals surface area contributed by atoms with E-state index in [2.05, 4.69) is 23.9 Å². The fourth-order valence-corrected chi connectivity index (χ4v) is 3.16. The first-order valence-corrected chi connectivity index (χ1v) is 8.49. The van der Waals surface area contributed by atoms with Crippen molar-refractivity contribution in [3.63, 3.8) is 0 Å². The first kappa shape index (κ1) is 18.0. The van der Waals surface area contributed by atoms with Gasteiger partial charge in [0.05, 0.1) is 24.2 Å². The van der Waals surface area contributed by atoms with Gasteiger partial charge in [0.2, 0.25) is 0 Å². The average molecular weight is 359 g/mol. The molecular weight excluding hydrogens is 338 g/mol. The van der Waals surface area contributed by atoms with E-state index in [-0.39, 0.29) is 28.9 Å². The van der Waals surface area contributed by atoms with Crippen LogP contribution in [-0.4, -0.2) is 56.3 Å². The van der Waals surface area contributed by atoms with Crippen molar-refractivity contribution >= 4 is 11.6 Å². The van der Waals surface area contributed by atoms with Gasteiger partial charge in [-0.15, -0.1) is 0 Å². The molecule has 0 bridgehead atoms. The predicted molar refractivity (Wildman–Crippen MR) is 93.1 cm³/mol. The normalized spacial score (nSPS) is 17.5. The number of hydrogen-bond donors (Lipinski definition) is 0. The number of rotatable bonds is 5. The standard InChI is InChI=1S/C17H21N5O4/c1-12(2)7-14-9-26-6-5-20(14)17(23)13-3-4-15(16(8-13)22(24)25)21-11-18-10-19-21/h3-4,8,10-12,14H,5-7,9H2,1-2H3/t14-/m0/s1. The molecule has 2 aromatic rings. The zero-order valence-electron chi connectivity index (χ0n) is 14.7. The largest absolute Gasteiger partial charge is 0.377 e. The van der Waals surface area contributed by atoms with E-state index in [9.17, 15) is 14.9 Å². The number of hydrogen-bond acceptors (Lipinski definition) is 6. The molecule has 9 nitrogen and oxygen atoms in total. The van der Waals surface area contributed by atoms with Crippen LogP contribution in [0.25, 0.3) is 5.69 Å². The maximum Gasteiger partial charge on any atom is 0.295 e. The van der Waals surface area contributed by atoms with Crippen molar-refractivity contribution in [3.05, 3.63) is 46.5 Å². The van der Waals surface area contributed by atoms with Gasteiger partial charge in [0.1, 0.15) is 18.3 Å². The van der Waals surface area contributed by atoms with Crippen LogP contribution in [0, 0.1) is 16.0 Å². The van der Waals surface area contributed by atoms with Crippen LogP contribution in [0.2, 0.25) is 0 Å². The summed E-state index contributed by atoms with van der Waals surface area (Å²) in [5.74, 6) is 0.202. The van der Waals surface area contributed by atoms with E-state index < -0.39 is 4.92 Å². The third kappa shape index (κ3) is 3.72. The number of ether oxygens (including phenoxy) is 1. The molecule has 1 aromatic carbocycles. The second-order valence-electron chi connectivity index (χ2n) is 6.66. The number of carbonyl (C=O) groups is 1. The maximum absolute atomic E-state index is 13.0. The van der Waals surface area contributed by atoms with Crippen LogP contribution in [0.1, 0.15) is 30.6 Å². The molecule has 0 aliphatic carbocycles. The number of amides is 1. The zero-order chi connectivity index (χ0) is 18.7. The van der Waals surface area contributed by atoms with E-state index in [1.807, 2.05) is 0 Å². The number of nitro groups is 1. The Kier molecular flexibility index (Phi) is 5.27. The SMILES string of the molecule is CC(C)C[C@H]1COCCN1C(=O)c1ccc(-n2cncn2)c([N+](=O)[O-])c1. The lowest BCUT2D eigenvalue weighted by atomic mass is 10.0.